The molecule has 0 saturated heterocycles. The molecule has 6 heteroatoms. The molecule has 104 valence electrons. The summed E-state index contributed by atoms with van der Waals surface area (Å²) in [5.74, 6) is -1.23. The molecule has 2 unspecified atom stereocenters. The summed E-state index contributed by atoms with van der Waals surface area (Å²) in [4.78, 5) is 35.3. The van der Waals surface area contributed by atoms with Gasteiger partial charge < -0.3 is 0 Å². The number of thiol groups is 3. The van der Waals surface area contributed by atoms with E-state index in [2.05, 4.69) is 37.9 Å². The van der Waals surface area contributed by atoms with Crippen LogP contribution < -0.4 is 0 Å². The maximum absolute atomic E-state index is 12.0. The Balaban J connectivity index is 5.89. The summed E-state index contributed by atoms with van der Waals surface area (Å²) >= 11 is 11.6. The molecule has 0 aromatic heterocycles. The standard InChI is InChI=1S/C12H20O3S3/c1-4-7(9(13)16)12(6-3,11(15)18)8(5-2)10(14)17/h7-8H,4-6H2,1-3H3,(H,13,16)(H,14,17)(H,15,18). The summed E-state index contributed by atoms with van der Waals surface area (Å²) in [7, 11) is 0. The molecule has 0 rings (SSSR count). The van der Waals surface area contributed by atoms with Crippen LogP contribution in [0.15, 0.2) is 0 Å². The first-order chi connectivity index (χ1) is 8.29. The van der Waals surface area contributed by atoms with Gasteiger partial charge in [-0.15, -0.1) is 37.9 Å². The molecule has 0 aliphatic heterocycles. The highest BCUT2D eigenvalue weighted by atomic mass is 32.1. The molecule has 0 aliphatic carbocycles. The molecular weight excluding hydrogens is 288 g/mol. The molecule has 0 heterocycles. The lowest BCUT2D eigenvalue weighted by Gasteiger charge is -2.40. The summed E-state index contributed by atoms with van der Waals surface area (Å²) in [5.41, 5.74) is -1.11. The third-order valence-electron chi connectivity index (χ3n) is 3.64. The molecule has 0 N–H and O–H groups in total. The van der Waals surface area contributed by atoms with E-state index in [1.165, 1.54) is 0 Å². The third kappa shape index (κ3) is 3.33. The van der Waals surface area contributed by atoms with Crippen LogP contribution in [-0.2, 0) is 14.4 Å². The van der Waals surface area contributed by atoms with Gasteiger partial charge in [-0.1, -0.05) is 20.8 Å². The average Bonchev–Trinajstić information content (AvgIpc) is 2.27. The van der Waals surface area contributed by atoms with Gasteiger partial charge in [-0.3, -0.25) is 14.4 Å². The molecule has 0 aliphatic rings. The van der Waals surface area contributed by atoms with E-state index in [0.29, 0.717) is 19.3 Å². The van der Waals surface area contributed by atoms with Gasteiger partial charge in [0.1, 0.15) is 0 Å². The monoisotopic (exact) mass is 308 g/mol. The summed E-state index contributed by atoms with van der Waals surface area (Å²) in [6.45, 7) is 5.39. The topological polar surface area (TPSA) is 51.2 Å². The number of rotatable bonds is 8. The van der Waals surface area contributed by atoms with Crippen molar-refractivity contribution in [1.82, 2.24) is 0 Å². The highest BCUT2D eigenvalue weighted by Gasteiger charge is 2.51. The van der Waals surface area contributed by atoms with Crippen LogP contribution in [0.5, 0.6) is 0 Å². The summed E-state index contributed by atoms with van der Waals surface area (Å²) < 4.78 is 0. The van der Waals surface area contributed by atoms with E-state index in [0.717, 1.165) is 0 Å². The van der Waals surface area contributed by atoms with E-state index >= 15 is 0 Å². The quantitative estimate of drug-likeness (QED) is 0.604. The second kappa shape index (κ2) is 7.60. The van der Waals surface area contributed by atoms with Crippen molar-refractivity contribution >= 4 is 53.2 Å². The Labute approximate surface area is 125 Å². The summed E-state index contributed by atoms with van der Waals surface area (Å²) in [6, 6.07) is 0. The fraction of sp³-hybridized carbons (Fsp3) is 0.750. The maximum Gasteiger partial charge on any atom is 0.193 e. The van der Waals surface area contributed by atoms with Crippen LogP contribution in [-0.4, -0.2) is 15.3 Å². The number of carbonyl (C=O) groups is 3. The van der Waals surface area contributed by atoms with Crippen LogP contribution in [0.2, 0.25) is 0 Å². The van der Waals surface area contributed by atoms with Crippen molar-refractivity contribution in [3.63, 3.8) is 0 Å². The largest absolute Gasteiger partial charge is 0.287 e. The Morgan fingerprint density at radius 1 is 0.889 bits per heavy atom. The molecule has 0 radical (unpaired) electrons. The van der Waals surface area contributed by atoms with Gasteiger partial charge >= 0.3 is 0 Å². The van der Waals surface area contributed by atoms with E-state index < -0.39 is 22.4 Å². The van der Waals surface area contributed by atoms with Crippen molar-refractivity contribution in [3.8, 4) is 0 Å². The zero-order valence-electron chi connectivity index (χ0n) is 10.8. The van der Waals surface area contributed by atoms with E-state index in [-0.39, 0.29) is 10.2 Å². The zero-order valence-corrected chi connectivity index (χ0v) is 13.5. The first kappa shape index (κ1) is 18.1. The SMILES string of the molecule is CCC(C(=O)S)C(CC)(C(=O)S)C(CC)C(=O)S. The predicted octanol–water partition coefficient (Wildman–Crippen LogP) is 2.80. The van der Waals surface area contributed by atoms with E-state index in [9.17, 15) is 14.4 Å². The lowest BCUT2D eigenvalue weighted by atomic mass is 9.64. The number of hydrogen-bond acceptors (Lipinski definition) is 3. The number of hydrogen-bond donors (Lipinski definition) is 3. The minimum Gasteiger partial charge on any atom is -0.287 e. The molecule has 18 heavy (non-hydrogen) atoms. The van der Waals surface area contributed by atoms with Gasteiger partial charge in [0.2, 0.25) is 0 Å². The zero-order chi connectivity index (χ0) is 14.5. The first-order valence-electron chi connectivity index (χ1n) is 5.98. The fourth-order valence-corrected chi connectivity index (χ4v) is 4.00. The minimum absolute atomic E-state index is 0.366. The van der Waals surface area contributed by atoms with Gasteiger partial charge in [-0.05, 0) is 19.3 Å². The second-order valence-corrected chi connectivity index (χ2v) is 5.58. The van der Waals surface area contributed by atoms with Crippen molar-refractivity contribution in [2.24, 2.45) is 17.3 Å². The Bertz CT molecular complexity index is 319. The van der Waals surface area contributed by atoms with Gasteiger partial charge in [-0.2, -0.15) is 0 Å². The lowest BCUT2D eigenvalue weighted by Crippen LogP contribution is -2.47. The van der Waals surface area contributed by atoms with E-state index in [1.807, 2.05) is 0 Å². The van der Waals surface area contributed by atoms with Crippen LogP contribution in [0.4, 0.5) is 0 Å². The molecule has 0 spiro atoms. The van der Waals surface area contributed by atoms with Gasteiger partial charge in [0.05, 0.1) is 5.41 Å². The van der Waals surface area contributed by atoms with Crippen molar-refractivity contribution in [3.05, 3.63) is 0 Å². The Morgan fingerprint density at radius 3 is 1.33 bits per heavy atom. The van der Waals surface area contributed by atoms with Crippen molar-refractivity contribution in [2.75, 3.05) is 0 Å². The van der Waals surface area contributed by atoms with Gasteiger partial charge in [0.25, 0.3) is 0 Å². The molecule has 0 aromatic rings. The van der Waals surface area contributed by atoms with Crippen molar-refractivity contribution in [1.29, 1.82) is 0 Å². The van der Waals surface area contributed by atoms with Gasteiger partial charge in [-0.25, -0.2) is 0 Å². The maximum atomic E-state index is 12.0. The smallest absolute Gasteiger partial charge is 0.193 e. The highest BCUT2D eigenvalue weighted by molar-refractivity contribution is 7.97. The van der Waals surface area contributed by atoms with Gasteiger partial charge in [0, 0.05) is 11.8 Å². The molecular formula is C12H20O3S3. The predicted molar refractivity (Wildman–Crippen MR) is 82.3 cm³/mol. The van der Waals surface area contributed by atoms with E-state index in [1.54, 1.807) is 20.8 Å². The number of carbonyl (C=O) groups excluding carboxylic acids is 3. The van der Waals surface area contributed by atoms with Gasteiger partial charge in [0.15, 0.2) is 15.3 Å². The van der Waals surface area contributed by atoms with Crippen LogP contribution in [0.25, 0.3) is 0 Å². The molecule has 0 amide bonds. The fourth-order valence-electron chi connectivity index (χ4n) is 2.70. The minimum atomic E-state index is -1.11. The van der Waals surface area contributed by atoms with Crippen LogP contribution >= 0.6 is 37.9 Å². The molecule has 0 fully saturated rings. The third-order valence-corrected chi connectivity index (χ3v) is 4.68. The van der Waals surface area contributed by atoms with Crippen molar-refractivity contribution < 1.29 is 14.4 Å². The van der Waals surface area contributed by atoms with Crippen molar-refractivity contribution in [2.45, 2.75) is 40.0 Å². The average molecular weight is 308 g/mol. The molecule has 0 aromatic carbocycles. The second-order valence-electron chi connectivity index (χ2n) is 4.30. The van der Waals surface area contributed by atoms with E-state index in [4.69, 9.17) is 0 Å². The lowest BCUT2D eigenvalue weighted by molar-refractivity contribution is -0.139. The summed E-state index contributed by atoms with van der Waals surface area (Å²) in [5, 5.41) is -1.20. The Hall–Kier alpha value is 0.0600. The molecule has 2 atom stereocenters. The first-order valence-corrected chi connectivity index (χ1v) is 7.32. The van der Waals surface area contributed by atoms with Crippen LogP contribution in [0.1, 0.15) is 40.0 Å². The molecule has 0 bridgehead atoms. The summed E-state index contributed by atoms with van der Waals surface area (Å²) in [6.07, 6.45) is 1.25. The van der Waals surface area contributed by atoms with Crippen LogP contribution in [0, 0.1) is 17.3 Å². The molecule has 3 nitrogen and oxygen atoms in total. The Kier molecular flexibility index (Phi) is 7.63. The Morgan fingerprint density at radius 2 is 1.22 bits per heavy atom. The normalized spacial score (nSPS) is 17.7. The van der Waals surface area contributed by atoms with Crippen LogP contribution in [0.3, 0.4) is 0 Å². The molecule has 0 saturated carbocycles. The highest BCUT2D eigenvalue weighted by Crippen LogP contribution is 2.46.